The Morgan fingerprint density at radius 1 is 0.964 bits per heavy atom. The van der Waals surface area contributed by atoms with Crippen LogP contribution in [-0.2, 0) is 0 Å². The molecule has 1 aliphatic carbocycles. The van der Waals surface area contributed by atoms with Crippen molar-refractivity contribution in [2.45, 2.75) is 71.6 Å². The molecule has 2 aromatic carbocycles. The fourth-order valence-corrected chi connectivity index (χ4v) is 4.38. The molecule has 0 N–H and O–H groups in total. The Kier molecular flexibility index (Phi) is 8.41. The van der Waals surface area contributed by atoms with Crippen LogP contribution in [0.15, 0.2) is 43.0 Å². The van der Waals surface area contributed by atoms with Crippen molar-refractivity contribution in [3.63, 3.8) is 0 Å². The van der Waals surface area contributed by atoms with E-state index in [2.05, 4.69) is 25.6 Å². The molecule has 2 heteroatoms. The van der Waals surface area contributed by atoms with Crippen molar-refractivity contribution in [1.82, 2.24) is 0 Å². The first-order chi connectivity index (χ1) is 13.1. The Labute approximate surface area is 169 Å². The maximum Gasteiger partial charge on any atom is 0.134 e. The number of hydrogen-bond donors (Lipinski definition) is 0. The van der Waals surface area contributed by atoms with Gasteiger partial charge < -0.3 is 0 Å². The van der Waals surface area contributed by atoms with E-state index in [1.54, 1.807) is 0 Å². The second-order valence-corrected chi connectivity index (χ2v) is 7.90. The molecule has 2 aromatic rings. The van der Waals surface area contributed by atoms with Crippen LogP contribution in [0.3, 0.4) is 0 Å². The van der Waals surface area contributed by atoms with E-state index in [9.17, 15) is 8.78 Å². The minimum absolute atomic E-state index is 0. The molecule has 0 aromatic heterocycles. The van der Waals surface area contributed by atoms with Gasteiger partial charge in [0.2, 0.25) is 0 Å². The number of rotatable bonds is 7. The van der Waals surface area contributed by atoms with Crippen LogP contribution in [0, 0.1) is 17.6 Å². The van der Waals surface area contributed by atoms with E-state index >= 15 is 0 Å². The summed E-state index contributed by atoms with van der Waals surface area (Å²) in [5, 5.41) is 0. The molecular weight excluding hydrogens is 350 g/mol. The topological polar surface area (TPSA) is 0 Å². The van der Waals surface area contributed by atoms with Gasteiger partial charge in [0, 0.05) is 0 Å². The lowest BCUT2D eigenvalue weighted by molar-refractivity contribution is 0.303. The van der Waals surface area contributed by atoms with Gasteiger partial charge in [-0.2, -0.15) is 0 Å². The molecule has 0 radical (unpaired) electrons. The third-order valence-electron chi connectivity index (χ3n) is 6.03. The van der Waals surface area contributed by atoms with Crippen LogP contribution in [0.1, 0.15) is 82.8 Å². The molecule has 1 aliphatic rings. The lowest BCUT2D eigenvalue weighted by atomic mass is 9.77. The van der Waals surface area contributed by atoms with E-state index in [0.29, 0.717) is 17.0 Å². The fraction of sp³-hybridized carbons (Fsp3) is 0.462. The fourth-order valence-electron chi connectivity index (χ4n) is 4.38. The average molecular weight is 385 g/mol. The predicted octanol–water partition coefficient (Wildman–Crippen LogP) is 8.77. The maximum absolute atomic E-state index is 14.3. The predicted molar refractivity (Wildman–Crippen MR) is 117 cm³/mol. The van der Waals surface area contributed by atoms with Gasteiger partial charge in [-0.25, -0.2) is 8.78 Å². The molecule has 0 saturated heterocycles. The number of halogens is 2. The first kappa shape index (κ1) is 22.3. The Hall–Kier alpha value is -1.96. The highest BCUT2D eigenvalue weighted by molar-refractivity contribution is 5.67. The summed E-state index contributed by atoms with van der Waals surface area (Å²) in [5.41, 5.74) is 2.40. The number of unbranched alkanes of at least 4 members (excludes halogenated alkanes) is 2. The second kappa shape index (κ2) is 10.5. The molecule has 1 saturated carbocycles. The van der Waals surface area contributed by atoms with Crippen LogP contribution in [0.25, 0.3) is 17.2 Å². The van der Waals surface area contributed by atoms with Crippen LogP contribution in [-0.4, -0.2) is 0 Å². The molecule has 1 fully saturated rings. The van der Waals surface area contributed by atoms with Crippen molar-refractivity contribution < 1.29 is 8.78 Å². The van der Waals surface area contributed by atoms with Crippen LogP contribution in [0.5, 0.6) is 0 Å². The minimum Gasteiger partial charge on any atom is -0.206 e. The number of benzene rings is 2. The van der Waals surface area contributed by atoms with Gasteiger partial charge in [0.05, 0.1) is 5.56 Å². The summed E-state index contributed by atoms with van der Waals surface area (Å²) in [5.74, 6) is 0.397. The summed E-state index contributed by atoms with van der Waals surface area (Å²) in [6, 6.07) is 10.5. The molecule has 0 unspecified atom stereocenters. The Morgan fingerprint density at radius 3 is 2.11 bits per heavy atom. The Bertz CT molecular complexity index is 729. The summed E-state index contributed by atoms with van der Waals surface area (Å²) in [6.45, 7) is 5.83. The molecule has 152 valence electrons. The van der Waals surface area contributed by atoms with Gasteiger partial charge >= 0.3 is 0 Å². The first-order valence-electron chi connectivity index (χ1n) is 10.3. The van der Waals surface area contributed by atoms with Crippen molar-refractivity contribution in [2.24, 2.45) is 5.92 Å². The van der Waals surface area contributed by atoms with E-state index < -0.39 is 11.6 Å². The zero-order chi connectivity index (χ0) is 19.2. The van der Waals surface area contributed by atoms with Crippen molar-refractivity contribution >= 4 is 6.08 Å². The van der Waals surface area contributed by atoms with Gasteiger partial charge in [-0.15, -0.1) is 0 Å². The van der Waals surface area contributed by atoms with Crippen LogP contribution in [0.2, 0.25) is 0 Å². The van der Waals surface area contributed by atoms with Gasteiger partial charge in [-0.3, -0.25) is 0 Å². The molecular formula is C26H34F2. The monoisotopic (exact) mass is 384 g/mol. The van der Waals surface area contributed by atoms with Gasteiger partial charge in [0.25, 0.3) is 0 Å². The van der Waals surface area contributed by atoms with Crippen LogP contribution < -0.4 is 0 Å². The normalized spacial score (nSPS) is 19.1. The van der Waals surface area contributed by atoms with Crippen LogP contribution in [0.4, 0.5) is 8.78 Å². The van der Waals surface area contributed by atoms with Gasteiger partial charge in [0.15, 0.2) is 0 Å². The van der Waals surface area contributed by atoms with E-state index in [0.717, 1.165) is 5.92 Å². The molecule has 0 heterocycles. The van der Waals surface area contributed by atoms with Gasteiger partial charge in [-0.05, 0) is 66.3 Å². The van der Waals surface area contributed by atoms with E-state index in [1.165, 1.54) is 75.1 Å². The molecule has 0 spiro atoms. The van der Waals surface area contributed by atoms with Crippen LogP contribution >= 0.6 is 0 Å². The molecule has 0 nitrogen and oxygen atoms in total. The van der Waals surface area contributed by atoms with E-state index in [4.69, 9.17) is 0 Å². The quantitative estimate of drug-likeness (QED) is 0.418. The highest BCUT2D eigenvalue weighted by atomic mass is 19.1. The summed E-state index contributed by atoms with van der Waals surface area (Å²) < 4.78 is 28.6. The summed E-state index contributed by atoms with van der Waals surface area (Å²) >= 11 is 0. The van der Waals surface area contributed by atoms with Crippen molar-refractivity contribution in [3.8, 4) is 11.1 Å². The van der Waals surface area contributed by atoms with Crippen molar-refractivity contribution in [2.75, 3.05) is 0 Å². The summed E-state index contributed by atoms with van der Waals surface area (Å²) in [4.78, 5) is 0. The lowest BCUT2D eigenvalue weighted by Gasteiger charge is -2.29. The SMILES string of the molecule is C.C=Cc1cc(F)c(-c2ccc(C3CCC(CCCCC)CC3)cc2)c(F)c1. The molecule has 0 aliphatic heterocycles. The molecule has 28 heavy (non-hydrogen) atoms. The van der Waals surface area contributed by atoms with Crippen molar-refractivity contribution in [1.29, 1.82) is 0 Å². The lowest BCUT2D eigenvalue weighted by Crippen LogP contribution is -2.13. The summed E-state index contributed by atoms with van der Waals surface area (Å²) in [7, 11) is 0. The van der Waals surface area contributed by atoms with Gasteiger partial charge in [-0.1, -0.05) is 77.0 Å². The largest absolute Gasteiger partial charge is 0.206 e. The van der Waals surface area contributed by atoms with E-state index in [1.807, 2.05) is 12.1 Å². The maximum atomic E-state index is 14.3. The highest BCUT2D eigenvalue weighted by Gasteiger charge is 2.22. The average Bonchev–Trinajstić information content (AvgIpc) is 2.69. The molecule has 0 bridgehead atoms. The van der Waals surface area contributed by atoms with Crippen molar-refractivity contribution in [3.05, 3.63) is 65.7 Å². The molecule has 0 atom stereocenters. The first-order valence-corrected chi connectivity index (χ1v) is 10.3. The zero-order valence-electron chi connectivity index (χ0n) is 16.3. The molecule has 3 rings (SSSR count). The Morgan fingerprint density at radius 2 is 1.57 bits per heavy atom. The third kappa shape index (κ3) is 5.31. The number of hydrogen-bond acceptors (Lipinski definition) is 0. The standard InChI is InChI=1S/C25H30F2.CH4/c1-3-5-6-7-19-8-10-20(11-9-19)21-12-14-22(15-13-21)25-23(26)16-18(4-2)17-24(25)27;/h4,12-17,19-20H,2-3,5-11H2,1H3;1H4. The smallest absolute Gasteiger partial charge is 0.134 e. The highest BCUT2D eigenvalue weighted by Crippen LogP contribution is 2.38. The summed E-state index contributed by atoms with van der Waals surface area (Å²) in [6.07, 6.45) is 11.9. The van der Waals surface area contributed by atoms with E-state index in [-0.39, 0.29) is 13.0 Å². The third-order valence-corrected chi connectivity index (χ3v) is 6.03. The Balaban J connectivity index is 0.00000280. The van der Waals surface area contributed by atoms with Gasteiger partial charge in [0.1, 0.15) is 11.6 Å². The minimum atomic E-state index is -0.537. The molecule has 0 amide bonds. The zero-order valence-corrected chi connectivity index (χ0v) is 16.3. The second-order valence-electron chi connectivity index (χ2n) is 7.90.